The molecule has 0 bridgehead atoms. The van der Waals surface area contributed by atoms with Gasteiger partial charge in [-0.2, -0.15) is 0 Å². The van der Waals surface area contributed by atoms with Gasteiger partial charge < -0.3 is 0 Å². The zero-order valence-corrected chi connectivity index (χ0v) is 20.8. The molecule has 0 spiro atoms. The molecule has 29 heavy (non-hydrogen) atoms. The molecule has 0 saturated carbocycles. The zero-order valence-electron chi connectivity index (χ0n) is 18.2. The van der Waals surface area contributed by atoms with E-state index in [0.29, 0.717) is 17.5 Å². The Bertz CT molecular complexity index is 996. The van der Waals surface area contributed by atoms with Crippen molar-refractivity contribution in [3.05, 3.63) is 77.9 Å². The summed E-state index contributed by atoms with van der Waals surface area (Å²) in [5, 5.41) is 1.51. The van der Waals surface area contributed by atoms with Gasteiger partial charge >= 0.3 is 186 Å². The monoisotopic (exact) mass is 495 g/mol. The second-order valence-corrected chi connectivity index (χ2v) is 13.4. The van der Waals surface area contributed by atoms with Crippen LogP contribution < -0.4 is 15.1 Å². The molecule has 0 aliphatic rings. The van der Waals surface area contributed by atoms with E-state index in [9.17, 15) is 0 Å². The van der Waals surface area contributed by atoms with Crippen molar-refractivity contribution >= 4 is 21.8 Å². The first-order chi connectivity index (χ1) is 13.6. The predicted octanol–water partition coefficient (Wildman–Crippen LogP) is 6.16. The maximum atomic E-state index is 6.29. The first-order valence-corrected chi connectivity index (χ1v) is 13.9. The SMILES string of the molecule is CC(C)(C)c1cccc([PH][Pd][c]2ccccc2-c2ccccc2N)c1C(C)(C)C. The minimum atomic E-state index is 0.129. The number of nitrogens with two attached hydrogens (primary N) is 1. The fraction of sp³-hybridized carbons (Fsp3) is 0.308. The molecular weight excluding hydrogens is 464 g/mol. The molecule has 3 rings (SSSR count). The Morgan fingerprint density at radius 3 is 1.93 bits per heavy atom. The molecule has 0 fully saturated rings. The van der Waals surface area contributed by atoms with Gasteiger partial charge in [0, 0.05) is 0 Å². The van der Waals surface area contributed by atoms with E-state index >= 15 is 0 Å². The first-order valence-electron chi connectivity index (χ1n) is 10.0. The number of anilines is 1. The van der Waals surface area contributed by atoms with Crippen molar-refractivity contribution in [2.45, 2.75) is 52.4 Å². The van der Waals surface area contributed by atoms with Crippen LogP contribution in [0.5, 0.6) is 0 Å². The van der Waals surface area contributed by atoms with E-state index in [1.807, 2.05) is 12.1 Å². The molecule has 2 N–H and O–H groups in total. The normalized spacial score (nSPS) is 12.8. The summed E-state index contributed by atoms with van der Waals surface area (Å²) in [6.07, 6.45) is 0. The van der Waals surface area contributed by atoms with Crippen molar-refractivity contribution in [1.82, 2.24) is 0 Å². The molecule has 0 amide bonds. The van der Waals surface area contributed by atoms with Crippen molar-refractivity contribution < 1.29 is 17.5 Å². The van der Waals surface area contributed by atoms with Crippen molar-refractivity contribution in [2.75, 3.05) is 5.73 Å². The van der Waals surface area contributed by atoms with E-state index in [4.69, 9.17) is 5.73 Å². The molecule has 0 radical (unpaired) electrons. The van der Waals surface area contributed by atoms with Crippen LogP contribution in [-0.2, 0) is 28.3 Å². The number of benzene rings is 3. The molecule has 3 heteroatoms. The molecule has 1 nitrogen and oxygen atoms in total. The average molecular weight is 496 g/mol. The van der Waals surface area contributed by atoms with Gasteiger partial charge in [0.25, 0.3) is 0 Å². The van der Waals surface area contributed by atoms with Crippen LogP contribution in [0.1, 0.15) is 52.7 Å². The Balaban J connectivity index is 2.00. The third-order valence-corrected chi connectivity index (χ3v) is 9.54. The van der Waals surface area contributed by atoms with Crippen LogP contribution in [0, 0.1) is 0 Å². The van der Waals surface area contributed by atoms with Crippen LogP contribution in [0.25, 0.3) is 11.1 Å². The molecule has 1 atom stereocenters. The van der Waals surface area contributed by atoms with Crippen LogP contribution in [0.4, 0.5) is 5.69 Å². The first kappa shape index (κ1) is 22.2. The second kappa shape index (κ2) is 8.73. The minimum absolute atomic E-state index is 0.129. The van der Waals surface area contributed by atoms with E-state index in [1.165, 1.54) is 26.0 Å². The number of hydrogen-bond donors (Lipinski definition) is 1. The summed E-state index contributed by atoms with van der Waals surface area (Å²) < 4.78 is 1.42. The topological polar surface area (TPSA) is 26.0 Å². The van der Waals surface area contributed by atoms with E-state index in [-0.39, 0.29) is 10.8 Å². The molecule has 0 saturated heterocycles. The number of hydrogen-bond acceptors (Lipinski definition) is 1. The summed E-state index contributed by atoms with van der Waals surface area (Å²) in [5.41, 5.74) is 12.8. The van der Waals surface area contributed by atoms with Crippen molar-refractivity contribution in [3.63, 3.8) is 0 Å². The van der Waals surface area contributed by atoms with Crippen LogP contribution in [-0.4, -0.2) is 0 Å². The molecular formula is C26H32NPPd. The van der Waals surface area contributed by atoms with Crippen molar-refractivity contribution in [3.8, 4) is 11.1 Å². The van der Waals surface area contributed by atoms with Gasteiger partial charge in [0.05, 0.1) is 0 Å². The van der Waals surface area contributed by atoms with E-state index in [2.05, 4.69) is 96.1 Å². The van der Waals surface area contributed by atoms with Crippen molar-refractivity contribution in [2.24, 2.45) is 0 Å². The van der Waals surface area contributed by atoms with Gasteiger partial charge in [0.1, 0.15) is 0 Å². The third-order valence-electron chi connectivity index (χ3n) is 4.93. The molecule has 0 aliphatic carbocycles. The van der Waals surface area contributed by atoms with Gasteiger partial charge in [0.2, 0.25) is 0 Å². The van der Waals surface area contributed by atoms with Crippen LogP contribution >= 0.6 is 6.77 Å². The molecule has 1 unspecified atom stereocenters. The molecule has 0 aliphatic heterocycles. The maximum absolute atomic E-state index is 6.29. The van der Waals surface area contributed by atoms with Crippen molar-refractivity contribution in [1.29, 1.82) is 0 Å². The summed E-state index contributed by atoms with van der Waals surface area (Å²) in [6, 6.07) is 23.8. The second-order valence-electron chi connectivity index (χ2n) is 9.42. The Labute approximate surface area is 185 Å². The number of nitrogen functional groups attached to an aromatic ring is 1. The van der Waals surface area contributed by atoms with Gasteiger partial charge in [-0.3, -0.25) is 0 Å². The molecule has 0 aromatic heterocycles. The van der Waals surface area contributed by atoms with Crippen LogP contribution in [0.3, 0.4) is 0 Å². The van der Waals surface area contributed by atoms with Gasteiger partial charge in [-0.25, -0.2) is 0 Å². The summed E-state index contributed by atoms with van der Waals surface area (Å²) in [6.45, 7) is 14.8. The Kier molecular flexibility index (Phi) is 6.70. The zero-order chi connectivity index (χ0) is 21.2. The fourth-order valence-electron chi connectivity index (χ4n) is 3.61. The molecule has 156 valence electrons. The molecule has 0 heterocycles. The third kappa shape index (κ3) is 5.19. The van der Waals surface area contributed by atoms with E-state index in [0.717, 1.165) is 18.0 Å². The van der Waals surface area contributed by atoms with E-state index < -0.39 is 0 Å². The standard InChI is InChI=1S/C14H22P.C12H10N.Pd/c1-13(2,3)10-8-7-9-11(15)12(10)14(4,5)6;13-12-9-5-4-8-11(12)10-6-2-1-3-7-10;/h7-9,15H,1-6H3;1-6,8-9H,13H2;/q-1;;+1. The summed E-state index contributed by atoms with van der Waals surface area (Å²) >= 11 is 0.491. The predicted molar refractivity (Wildman–Crippen MR) is 128 cm³/mol. The van der Waals surface area contributed by atoms with E-state index in [1.54, 1.807) is 0 Å². The van der Waals surface area contributed by atoms with Gasteiger partial charge in [0.15, 0.2) is 0 Å². The molecule has 3 aromatic rings. The van der Waals surface area contributed by atoms with Crippen LogP contribution in [0.2, 0.25) is 0 Å². The Hall–Kier alpha value is -1.45. The van der Waals surface area contributed by atoms with Gasteiger partial charge in [-0.15, -0.1) is 0 Å². The molecule has 3 aromatic carbocycles. The fourth-order valence-corrected chi connectivity index (χ4v) is 8.39. The van der Waals surface area contributed by atoms with Gasteiger partial charge in [-0.05, 0) is 0 Å². The Morgan fingerprint density at radius 1 is 0.690 bits per heavy atom. The van der Waals surface area contributed by atoms with Crippen LogP contribution in [0.15, 0.2) is 66.7 Å². The average Bonchev–Trinajstić information content (AvgIpc) is 2.65. The number of rotatable bonds is 4. The number of para-hydroxylation sites is 1. The van der Waals surface area contributed by atoms with Gasteiger partial charge in [-0.1, -0.05) is 0 Å². The quantitative estimate of drug-likeness (QED) is 0.262. The summed E-state index contributed by atoms with van der Waals surface area (Å²) in [7, 11) is 0. The summed E-state index contributed by atoms with van der Waals surface area (Å²) in [5.74, 6) is 0. The summed E-state index contributed by atoms with van der Waals surface area (Å²) in [4.78, 5) is 0. The Morgan fingerprint density at radius 2 is 1.31 bits per heavy atom.